The number of hydrogen-bond donors (Lipinski definition) is 0. The highest BCUT2D eigenvalue weighted by atomic mass is 32.2. The largest absolute Gasteiger partial charge is 0.296 e. The van der Waals surface area contributed by atoms with Gasteiger partial charge in [0, 0.05) is 30.8 Å². The second-order valence-electron chi connectivity index (χ2n) is 8.78. The first-order chi connectivity index (χ1) is 14.8. The van der Waals surface area contributed by atoms with Crippen molar-refractivity contribution in [3.05, 3.63) is 47.4 Å². The molecule has 0 bridgehead atoms. The fourth-order valence-corrected chi connectivity index (χ4v) is 6.06. The number of carbonyl (C=O) groups is 1. The van der Waals surface area contributed by atoms with Gasteiger partial charge in [-0.05, 0) is 50.7 Å². The summed E-state index contributed by atoms with van der Waals surface area (Å²) >= 11 is 0. The Balaban J connectivity index is 1.72. The quantitative estimate of drug-likeness (QED) is 0.682. The van der Waals surface area contributed by atoms with Crippen molar-refractivity contribution in [1.82, 2.24) is 14.3 Å². The summed E-state index contributed by atoms with van der Waals surface area (Å²) in [5, 5.41) is 0. The average molecular weight is 443 g/mol. The number of amides is 1. The lowest BCUT2D eigenvalue weighted by atomic mass is 10.0. The Labute approximate surface area is 184 Å². The molecule has 1 saturated heterocycles. The molecule has 0 aliphatic carbocycles. The van der Waals surface area contributed by atoms with Crippen LogP contribution in [0.4, 0.5) is 5.82 Å². The number of benzene rings is 1. The number of anilines is 1. The molecule has 0 radical (unpaired) electrons. The summed E-state index contributed by atoms with van der Waals surface area (Å²) < 4.78 is 28.1. The highest BCUT2D eigenvalue weighted by Gasteiger charge is 2.39. The SMILES string of the molecule is Cc1nc([C@H]2CCCN2S(=O)(=O)c2ccccc2)nc2c1CCC(=O)N2CCC(C)C. The highest BCUT2D eigenvalue weighted by Crippen LogP contribution is 2.37. The molecule has 0 spiro atoms. The molecular weight excluding hydrogens is 412 g/mol. The van der Waals surface area contributed by atoms with Gasteiger partial charge < -0.3 is 0 Å². The van der Waals surface area contributed by atoms with E-state index in [4.69, 9.17) is 9.97 Å². The molecule has 0 saturated carbocycles. The van der Waals surface area contributed by atoms with Gasteiger partial charge in [-0.25, -0.2) is 18.4 Å². The van der Waals surface area contributed by atoms with E-state index in [2.05, 4.69) is 13.8 Å². The maximum absolute atomic E-state index is 13.3. The molecular formula is C23H30N4O3S. The second-order valence-corrected chi connectivity index (χ2v) is 10.7. The van der Waals surface area contributed by atoms with Gasteiger partial charge in [0.05, 0.1) is 10.9 Å². The van der Waals surface area contributed by atoms with Gasteiger partial charge in [0.2, 0.25) is 15.9 Å². The van der Waals surface area contributed by atoms with Crippen molar-refractivity contribution in [2.45, 2.75) is 63.8 Å². The lowest BCUT2D eigenvalue weighted by molar-refractivity contribution is -0.119. The second kappa shape index (κ2) is 8.67. The number of fused-ring (bicyclic) bond motifs is 1. The van der Waals surface area contributed by atoms with E-state index in [0.717, 1.165) is 24.1 Å². The molecule has 1 fully saturated rings. The fraction of sp³-hybridized carbons (Fsp3) is 0.522. The third kappa shape index (κ3) is 4.23. The lowest BCUT2D eigenvalue weighted by Crippen LogP contribution is -2.38. The zero-order chi connectivity index (χ0) is 22.2. The number of aromatic nitrogens is 2. The van der Waals surface area contributed by atoms with E-state index in [9.17, 15) is 13.2 Å². The van der Waals surface area contributed by atoms with Crippen LogP contribution in [0.5, 0.6) is 0 Å². The first-order valence-electron chi connectivity index (χ1n) is 11.0. The predicted octanol–water partition coefficient (Wildman–Crippen LogP) is 3.64. The normalized spacial score (nSPS) is 19.8. The summed E-state index contributed by atoms with van der Waals surface area (Å²) in [4.78, 5) is 24.3. The minimum absolute atomic E-state index is 0.0809. The smallest absolute Gasteiger partial charge is 0.243 e. The molecule has 8 heteroatoms. The van der Waals surface area contributed by atoms with Crippen LogP contribution in [-0.2, 0) is 21.2 Å². The minimum atomic E-state index is -3.64. The Morgan fingerprint density at radius 1 is 1.13 bits per heavy atom. The van der Waals surface area contributed by atoms with Crippen LogP contribution in [0.1, 0.15) is 62.7 Å². The van der Waals surface area contributed by atoms with E-state index in [1.165, 1.54) is 4.31 Å². The number of rotatable bonds is 6. The van der Waals surface area contributed by atoms with Crippen LogP contribution in [-0.4, -0.2) is 41.7 Å². The Morgan fingerprint density at radius 2 is 1.87 bits per heavy atom. The van der Waals surface area contributed by atoms with Crippen LogP contribution in [0.15, 0.2) is 35.2 Å². The molecule has 1 aromatic heterocycles. The van der Waals surface area contributed by atoms with Gasteiger partial charge in [-0.15, -0.1) is 0 Å². The van der Waals surface area contributed by atoms with E-state index in [0.29, 0.717) is 49.9 Å². The number of carbonyl (C=O) groups excluding carboxylic acids is 1. The monoisotopic (exact) mass is 442 g/mol. The van der Waals surface area contributed by atoms with E-state index in [-0.39, 0.29) is 10.8 Å². The van der Waals surface area contributed by atoms with Gasteiger partial charge in [0.25, 0.3) is 0 Å². The topological polar surface area (TPSA) is 83.5 Å². The standard InChI is InChI=1S/C23H30N4O3S/c1-16(2)13-15-26-21(28)12-11-19-17(3)24-22(25-23(19)26)20-10-7-14-27(20)31(29,30)18-8-5-4-6-9-18/h4-6,8-9,16,20H,7,10-15H2,1-3H3/t20-/m1/s1. The number of aryl methyl sites for hydroxylation is 1. The summed E-state index contributed by atoms with van der Waals surface area (Å²) in [6.07, 6.45) is 3.42. The van der Waals surface area contributed by atoms with Crippen molar-refractivity contribution in [3.63, 3.8) is 0 Å². The van der Waals surface area contributed by atoms with Crippen LogP contribution < -0.4 is 4.90 Å². The lowest BCUT2D eigenvalue weighted by Gasteiger charge is -2.31. The summed E-state index contributed by atoms with van der Waals surface area (Å²) in [5.41, 5.74) is 1.84. The molecule has 0 unspecified atom stereocenters. The fourth-order valence-electron chi connectivity index (χ4n) is 4.38. The van der Waals surface area contributed by atoms with E-state index >= 15 is 0 Å². The summed E-state index contributed by atoms with van der Waals surface area (Å²) in [5.74, 6) is 1.72. The maximum atomic E-state index is 13.3. The molecule has 3 heterocycles. The highest BCUT2D eigenvalue weighted by molar-refractivity contribution is 7.89. The molecule has 7 nitrogen and oxygen atoms in total. The van der Waals surface area contributed by atoms with Crippen molar-refractivity contribution < 1.29 is 13.2 Å². The first kappa shape index (κ1) is 21.9. The molecule has 1 amide bonds. The molecule has 166 valence electrons. The third-order valence-corrected chi connectivity index (χ3v) is 8.06. The van der Waals surface area contributed by atoms with E-state index < -0.39 is 16.1 Å². The Kier molecular flexibility index (Phi) is 6.12. The molecule has 2 aromatic rings. The van der Waals surface area contributed by atoms with Crippen LogP contribution in [0.2, 0.25) is 0 Å². The Bertz CT molecular complexity index is 1070. The van der Waals surface area contributed by atoms with Gasteiger partial charge in [-0.3, -0.25) is 9.69 Å². The van der Waals surface area contributed by atoms with Crippen molar-refractivity contribution in [1.29, 1.82) is 0 Å². The van der Waals surface area contributed by atoms with Crippen molar-refractivity contribution >= 4 is 21.7 Å². The van der Waals surface area contributed by atoms with Crippen LogP contribution in [0.3, 0.4) is 0 Å². The zero-order valence-electron chi connectivity index (χ0n) is 18.4. The first-order valence-corrected chi connectivity index (χ1v) is 12.5. The summed E-state index contributed by atoms with van der Waals surface area (Å²) in [6, 6.07) is 8.09. The van der Waals surface area contributed by atoms with Crippen molar-refractivity contribution in [2.75, 3.05) is 18.0 Å². The number of hydrogen-bond acceptors (Lipinski definition) is 5. The van der Waals surface area contributed by atoms with Gasteiger partial charge in [-0.1, -0.05) is 32.0 Å². The van der Waals surface area contributed by atoms with Gasteiger partial charge in [0.1, 0.15) is 11.6 Å². The van der Waals surface area contributed by atoms with Gasteiger partial charge in [0.15, 0.2) is 0 Å². The predicted molar refractivity (Wildman–Crippen MR) is 119 cm³/mol. The van der Waals surface area contributed by atoms with E-state index in [1.807, 2.05) is 6.92 Å². The average Bonchev–Trinajstić information content (AvgIpc) is 3.24. The van der Waals surface area contributed by atoms with Crippen LogP contribution in [0.25, 0.3) is 0 Å². The van der Waals surface area contributed by atoms with Crippen molar-refractivity contribution in [2.24, 2.45) is 5.92 Å². The molecule has 0 N–H and O–H groups in total. The number of sulfonamides is 1. The molecule has 4 rings (SSSR count). The molecule has 1 aromatic carbocycles. The maximum Gasteiger partial charge on any atom is 0.243 e. The summed E-state index contributed by atoms with van der Waals surface area (Å²) in [7, 11) is -3.64. The van der Waals surface area contributed by atoms with Crippen molar-refractivity contribution in [3.8, 4) is 0 Å². The van der Waals surface area contributed by atoms with Gasteiger partial charge >= 0.3 is 0 Å². The molecule has 1 atom stereocenters. The molecule has 2 aliphatic heterocycles. The zero-order valence-corrected chi connectivity index (χ0v) is 19.2. The third-order valence-electron chi connectivity index (χ3n) is 6.14. The Hall–Kier alpha value is -2.32. The summed E-state index contributed by atoms with van der Waals surface area (Å²) in [6.45, 7) is 7.27. The minimum Gasteiger partial charge on any atom is -0.296 e. The van der Waals surface area contributed by atoms with Crippen LogP contribution in [0, 0.1) is 12.8 Å². The molecule has 31 heavy (non-hydrogen) atoms. The van der Waals surface area contributed by atoms with E-state index in [1.54, 1.807) is 35.2 Å². The molecule has 2 aliphatic rings. The number of nitrogens with zero attached hydrogens (tertiary/aromatic N) is 4. The Morgan fingerprint density at radius 3 is 2.58 bits per heavy atom. The van der Waals surface area contributed by atoms with Gasteiger partial charge in [-0.2, -0.15) is 4.31 Å². The van der Waals surface area contributed by atoms with Crippen LogP contribution >= 0.6 is 0 Å².